The molecule has 0 aliphatic rings. The van der Waals surface area contributed by atoms with Crippen molar-refractivity contribution in [3.8, 4) is 0 Å². The highest BCUT2D eigenvalue weighted by Gasteiger charge is 2.02. The third kappa shape index (κ3) is 23.2. The number of guanidine groups is 1. The second-order valence-corrected chi connectivity index (χ2v) is 7.80. The summed E-state index contributed by atoms with van der Waals surface area (Å²) in [7, 11) is 0. The van der Waals surface area contributed by atoms with E-state index in [0.29, 0.717) is 13.2 Å². The molecule has 162 valence electrons. The van der Waals surface area contributed by atoms with Gasteiger partial charge in [0, 0.05) is 6.61 Å². The van der Waals surface area contributed by atoms with Crippen LogP contribution >= 0.6 is 0 Å². The van der Waals surface area contributed by atoms with Crippen LogP contribution in [0.4, 0.5) is 0 Å². The van der Waals surface area contributed by atoms with Gasteiger partial charge in [0.05, 0.1) is 19.3 Å². The normalized spacial score (nSPS) is 12.2. The highest BCUT2D eigenvalue weighted by molar-refractivity contribution is 5.75. The van der Waals surface area contributed by atoms with Crippen LogP contribution in [0.15, 0.2) is 4.99 Å². The molecule has 5 heteroatoms. The minimum absolute atomic E-state index is 0.00635. The summed E-state index contributed by atoms with van der Waals surface area (Å²) in [6.45, 7) is 3.50. The lowest BCUT2D eigenvalue weighted by molar-refractivity contribution is 0.0399. The maximum atomic E-state index is 9.59. The SMILES string of the molecule is CCCCCCCCCCCCCCCCCCOCC(O)CN=C(N)N. The fraction of sp³-hybridized carbons (Fsp3) is 0.955. The number of unbranched alkanes of at least 4 members (excludes halogenated alkanes) is 15. The highest BCUT2D eigenvalue weighted by atomic mass is 16.5. The Hall–Kier alpha value is -0.810. The number of aliphatic hydroxyl groups excluding tert-OH is 1. The highest BCUT2D eigenvalue weighted by Crippen LogP contribution is 2.13. The molecule has 5 nitrogen and oxygen atoms in total. The van der Waals surface area contributed by atoms with Gasteiger partial charge in [-0.1, -0.05) is 103 Å². The van der Waals surface area contributed by atoms with Crippen molar-refractivity contribution in [3.63, 3.8) is 0 Å². The van der Waals surface area contributed by atoms with Crippen LogP contribution in [-0.4, -0.2) is 36.9 Å². The molecule has 0 saturated heterocycles. The first kappa shape index (κ1) is 26.2. The van der Waals surface area contributed by atoms with Crippen molar-refractivity contribution in [1.82, 2.24) is 0 Å². The first-order valence-corrected chi connectivity index (χ1v) is 11.5. The average Bonchev–Trinajstić information content (AvgIpc) is 2.65. The third-order valence-corrected chi connectivity index (χ3v) is 4.94. The Morgan fingerprint density at radius 3 is 1.56 bits per heavy atom. The van der Waals surface area contributed by atoms with E-state index in [1.54, 1.807) is 0 Å². The molecule has 0 aromatic carbocycles. The Morgan fingerprint density at radius 1 is 0.741 bits per heavy atom. The largest absolute Gasteiger partial charge is 0.389 e. The predicted octanol–water partition coefficient (Wildman–Crippen LogP) is 4.90. The van der Waals surface area contributed by atoms with E-state index in [0.717, 1.165) is 6.42 Å². The van der Waals surface area contributed by atoms with E-state index >= 15 is 0 Å². The van der Waals surface area contributed by atoms with Crippen molar-refractivity contribution in [2.75, 3.05) is 19.8 Å². The molecule has 1 unspecified atom stereocenters. The van der Waals surface area contributed by atoms with Crippen molar-refractivity contribution in [2.45, 2.75) is 116 Å². The molecular formula is C22H47N3O2. The van der Waals surface area contributed by atoms with Gasteiger partial charge in [0.2, 0.25) is 0 Å². The van der Waals surface area contributed by atoms with Gasteiger partial charge in [0.15, 0.2) is 5.96 Å². The molecule has 0 radical (unpaired) electrons. The molecule has 0 aliphatic carbocycles. The van der Waals surface area contributed by atoms with Gasteiger partial charge in [-0.05, 0) is 6.42 Å². The van der Waals surface area contributed by atoms with Gasteiger partial charge in [-0.2, -0.15) is 0 Å². The third-order valence-electron chi connectivity index (χ3n) is 4.94. The first-order valence-electron chi connectivity index (χ1n) is 11.5. The Balaban J connectivity index is 3.10. The minimum atomic E-state index is -0.617. The number of hydrogen-bond acceptors (Lipinski definition) is 3. The van der Waals surface area contributed by atoms with Crippen molar-refractivity contribution in [1.29, 1.82) is 0 Å². The van der Waals surface area contributed by atoms with Crippen LogP contribution in [0.25, 0.3) is 0 Å². The van der Waals surface area contributed by atoms with E-state index in [1.165, 1.54) is 96.3 Å². The molecule has 0 aliphatic heterocycles. The van der Waals surface area contributed by atoms with Crippen molar-refractivity contribution in [3.05, 3.63) is 0 Å². The second-order valence-electron chi connectivity index (χ2n) is 7.80. The minimum Gasteiger partial charge on any atom is -0.389 e. The summed E-state index contributed by atoms with van der Waals surface area (Å²) in [5.41, 5.74) is 10.4. The molecule has 5 N–H and O–H groups in total. The molecule has 0 fully saturated rings. The molecule has 0 saturated carbocycles. The van der Waals surface area contributed by atoms with Crippen molar-refractivity contribution >= 4 is 5.96 Å². The number of nitrogens with zero attached hydrogens (tertiary/aromatic N) is 1. The van der Waals surface area contributed by atoms with E-state index in [1.807, 2.05) is 0 Å². The van der Waals surface area contributed by atoms with Crippen LogP contribution in [0, 0.1) is 0 Å². The van der Waals surface area contributed by atoms with Crippen LogP contribution in [0.1, 0.15) is 110 Å². The zero-order valence-corrected chi connectivity index (χ0v) is 18.0. The van der Waals surface area contributed by atoms with Gasteiger partial charge < -0.3 is 21.3 Å². The summed E-state index contributed by atoms with van der Waals surface area (Å²) in [5, 5.41) is 9.59. The van der Waals surface area contributed by atoms with Crippen LogP contribution in [0.5, 0.6) is 0 Å². The average molecular weight is 386 g/mol. The molecule has 1 atom stereocenters. The lowest BCUT2D eigenvalue weighted by atomic mass is 10.0. The summed E-state index contributed by atoms with van der Waals surface area (Å²) in [6, 6.07) is 0. The number of aliphatic hydroxyl groups is 1. The van der Waals surface area contributed by atoms with Gasteiger partial charge in [-0.25, -0.2) is 0 Å². The number of nitrogens with two attached hydrogens (primary N) is 2. The summed E-state index contributed by atoms with van der Waals surface area (Å²) < 4.78 is 5.45. The van der Waals surface area contributed by atoms with Crippen LogP contribution in [0.3, 0.4) is 0 Å². The van der Waals surface area contributed by atoms with Crippen LogP contribution in [-0.2, 0) is 4.74 Å². The molecular weight excluding hydrogens is 338 g/mol. The van der Waals surface area contributed by atoms with Gasteiger partial charge in [-0.3, -0.25) is 4.99 Å². The standard InChI is InChI=1S/C22H47N3O2/c1-2-3-4-5-6-7-8-9-10-11-12-13-14-15-16-17-18-27-20-21(26)19-25-22(23)24/h21,26H,2-20H2,1H3,(H4,23,24,25). The predicted molar refractivity (Wildman–Crippen MR) is 117 cm³/mol. The second kappa shape index (κ2) is 21.5. The Morgan fingerprint density at radius 2 is 1.15 bits per heavy atom. The molecule has 0 aromatic heterocycles. The smallest absolute Gasteiger partial charge is 0.185 e. The number of hydrogen-bond donors (Lipinski definition) is 3. The lowest BCUT2D eigenvalue weighted by Crippen LogP contribution is -2.26. The number of rotatable bonds is 21. The van der Waals surface area contributed by atoms with Crippen LogP contribution < -0.4 is 11.5 Å². The first-order chi connectivity index (χ1) is 13.2. The zero-order chi connectivity index (χ0) is 20.0. The fourth-order valence-corrected chi connectivity index (χ4v) is 3.24. The quantitative estimate of drug-likeness (QED) is 0.149. The zero-order valence-electron chi connectivity index (χ0n) is 18.0. The van der Waals surface area contributed by atoms with Crippen LogP contribution in [0.2, 0.25) is 0 Å². The number of aliphatic imine (C=N–C) groups is 1. The van der Waals surface area contributed by atoms with Gasteiger partial charge in [0.25, 0.3) is 0 Å². The molecule has 0 rings (SSSR count). The van der Waals surface area contributed by atoms with E-state index < -0.39 is 6.10 Å². The Kier molecular flexibility index (Phi) is 20.8. The summed E-state index contributed by atoms with van der Waals surface area (Å²) in [5.74, 6) is 0.00635. The van der Waals surface area contributed by atoms with Gasteiger partial charge in [-0.15, -0.1) is 0 Å². The van der Waals surface area contributed by atoms with E-state index in [4.69, 9.17) is 16.2 Å². The molecule has 0 amide bonds. The maximum Gasteiger partial charge on any atom is 0.185 e. The maximum absolute atomic E-state index is 9.59. The monoisotopic (exact) mass is 385 g/mol. The summed E-state index contributed by atoms with van der Waals surface area (Å²) in [4.78, 5) is 3.76. The molecule has 0 bridgehead atoms. The van der Waals surface area contributed by atoms with E-state index in [2.05, 4.69) is 11.9 Å². The van der Waals surface area contributed by atoms with Crippen molar-refractivity contribution < 1.29 is 9.84 Å². The van der Waals surface area contributed by atoms with Gasteiger partial charge >= 0.3 is 0 Å². The van der Waals surface area contributed by atoms with Crippen molar-refractivity contribution in [2.24, 2.45) is 16.5 Å². The summed E-state index contributed by atoms with van der Waals surface area (Å²) in [6.07, 6.45) is 21.3. The Bertz CT molecular complexity index is 321. The van der Waals surface area contributed by atoms with E-state index in [-0.39, 0.29) is 12.5 Å². The summed E-state index contributed by atoms with van der Waals surface area (Å²) >= 11 is 0. The molecule has 27 heavy (non-hydrogen) atoms. The van der Waals surface area contributed by atoms with Gasteiger partial charge in [0.1, 0.15) is 0 Å². The fourth-order valence-electron chi connectivity index (χ4n) is 3.24. The lowest BCUT2D eigenvalue weighted by Gasteiger charge is -2.09. The topological polar surface area (TPSA) is 93.9 Å². The molecule has 0 aromatic rings. The van der Waals surface area contributed by atoms with E-state index in [9.17, 15) is 5.11 Å². The molecule has 0 heterocycles. The molecule has 0 spiro atoms. The Labute approximate surface area is 168 Å². The number of ether oxygens (including phenoxy) is 1.